The molecule has 1 aromatic carbocycles. The van der Waals surface area contributed by atoms with Crippen molar-refractivity contribution in [1.82, 2.24) is 19.9 Å². The molecule has 0 radical (unpaired) electrons. The summed E-state index contributed by atoms with van der Waals surface area (Å²) < 4.78 is 5.86. The number of aliphatic hydroxyl groups is 1. The maximum absolute atomic E-state index is 12.8. The van der Waals surface area contributed by atoms with Crippen LogP contribution in [0.15, 0.2) is 42.7 Å². The molecule has 3 heterocycles. The van der Waals surface area contributed by atoms with Gasteiger partial charge in [0.15, 0.2) is 0 Å². The van der Waals surface area contributed by atoms with Crippen molar-refractivity contribution in [3.8, 4) is 5.75 Å². The molecule has 1 aliphatic rings. The van der Waals surface area contributed by atoms with Crippen molar-refractivity contribution >= 4 is 17.2 Å². The number of benzene rings is 1. The van der Waals surface area contributed by atoms with Crippen molar-refractivity contribution in [3.63, 3.8) is 0 Å². The number of carbonyl (C=O) groups excluding carboxylic acids is 1. The standard InChI is InChI=1S/C23H26N4O3S/c1-16-13-25-19(14-24-16)21(28)27-11-6-9-23(29,10-12-27)22-26-17(2)20(31-22)15-30-18-7-4-3-5-8-18/h3-5,7-8,13-14,29H,6,9-12,15H2,1-2H3. The predicted molar refractivity (Wildman–Crippen MR) is 118 cm³/mol. The Labute approximate surface area is 185 Å². The van der Waals surface area contributed by atoms with E-state index in [1.807, 2.05) is 44.2 Å². The Morgan fingerprint density at radius 3 is 2.71 bits per heavy atom. The minimum atomic E-state index is -1.05. The van der Waals surface area contributed by atoms with Crippen molar-refractivity contribution in [2.75, 3.05) is 13.1 Å². The number of hydrogen-bond donors (Lipinski definition) is 1. The Bertz CT molecular complexity index is 1040. The topological polar surface area (TPSA) is 88.4 Å². The van der Waals surface area contributed by atoms with Crippen LogP contribution in [0.2, 0.25) is 0 Å². The number of ether oxygens (including phenoxy) is 1. The molecule has 0 aliphatic carbocycles. The van der Waals surface area contributed by atoms with Crippen LogP contribution in [-0.4, -0.2) is 44.0 Å². The minimum Gasteiger partial charge on any atom is -0.488 e. The predicted octanol–water partition coefficient (Wildman–Crippen LogP) is 3.64. The van der Waals surface area contributed by atoms with Gasteiger partial charge in [-0.05, 0) is 38.8 Å². The van der Waals surface area contributed by atoms with Crippen molar-refractivity contribution < 1.29 is 14.6 Å². The Morgan fingerprint density at radius 2 is 1.97 bits per heavy atom. The van der Waals surface area contributed by atoms with Gasteiger partial charge in [0.1, 0.15) is 28.7 Å². The summed E-state index contributed by atoms with van der Waals surface area (Å²) in [5, 5.41) is 12.1. The first-order chi connectivity index (χ1) is 14.9. The van der Waals surface area contributed by atoms with Crippen LogP contribution in [0, 0.1) is 13.8 Å². The first-order valence-electron chi connectivity index (χ1n) is 10.4. The van der Waals surface area contributed by atoms with Gasteiger partial charge in [0.05, 0.1) is 22.5 Å². The molecular weight excluding hydrogens is 412 g/mol. The average Bonchev–Trinajstić information content (AvgIpc) is 3.04. The van der Waals surface area contributed by atoms with Gasteiger partial charge in [0.2, 0.25) is 0 Å². The molecule has 7 nitrogen and oxygen atoms in total. The van der Waals surface area contributed by atoms with Gasteiger partial charge in [-0.3, -0.25) is 9.78 Å². The Morgan fingerprint density at radius 1 is 1.16 bits per heavy atom. The summed E-state index contributed by atoms with van der Waals surface area (Å²) in [6.45, 7) is 5.21. The monoisotopic (exact) mass is 438 g/mol. The van der Waals surface area contributed by atoms with Crippen LogP contribution < -0.4 is 4.74 Å². The summed E-state index contributed by atoms with van der Waals surface area (Å²) in [7, 11) is 0. The van der Waals surface area contributed by atoms with Gasteiger partial charge < -0.3 is 14.7 Å². The number of aromatic nitrogens is 3. The summed E-state index contributed by atoms with van der Waals surface area (Å²) in [4.78, 5) is 28.6. The number of carbonyl (C=O) groups is 1. The summed E-state index contributed by atoms with van der Waals surface area (Å²) >= 11 is 1.49. The number of nitrogens with zero attached hydrogens (tertiary/aromatic N) is 4. The molecule has 3 aromatic rings. The number of aryl methyl sites for hydroxylation is 2. The normalized spacial score (nSPS) is 19.1. The third-order valence-electron chi connectivity index (χ3n) is 5.50. The zero-order valence-electron chi connectivity index (χ0n) is 17.7. The Kier molecular flexibility index (Phi) is 6.29. The van der Waals surface area contributed by atoms with Crippen LogP contribution in [-0.2, 0) is 12.2 Å². The van der Waals surface area contributed by atoms with E-state index >= 15 is 0 Å². The second kappa shape index (κ2) is 9.11. The highest BCUT2D eigenvalue weighted by atomic mass is 32.1. The molecule has 1 aliphatic heterocycles. The van der Waals surface area contributed by atoms with Crippen LogP contribution >= 0.6 is 11.3 Å². The zero-order valence-corrected chi connectivity index (χ0v) is 18.6. The molecule has 0 bridgehead atoms. The van der Waals surface area contributed by atoms with Crippen LogP contribution in [0.1, 0.15) is 51.0 Å². The number of likely N-dealkylation sites (tertiary alicyclic amines) is 1. The number of para-hydroxylation sites is 1. The molecule has 2 aromatic heterocycles. The van der Waals surface area contributed by atoms with Crippen molar-refractivity contribution in [1.29, 1.82) is 0 Å². The molecule has 0 saturated carbocycles. The van der Waals surface area contributed by atoms with Crippen LogP contribution in [0.25, 0.3) is 0 Å². The van der Waals surface area contributed by atoms with Crippen molar-refractivity contribution in [3.05, 3.63) is 69.7 Å². The molecule has 1 atom stereocenters. The van der Waals surface area contributed by atoms with Gasteiger partial charge in [-0.25, -0.2) is 9.97 Å². The van der Waals surface area contributed by atoms with Gasteiger partial charge in [-0.15, -0.1) is 11.3 Å². The fourth-order valence-electron chi connectivity index (χ4n) is 3.63. The van der Waals surface area contributed by atoms with E-state index in [2.05, 4.69) is 15.0 Å². The lowest BCUT2D eigenvalue weighted by molar-refractivity contribution is 0.0209. The van der Waals surface area contributed by atoms with Crippen LogP contribution in [0.5, 0.6) is 5.75 Å². The van der Waals surface area contributed by atoms with Gasteiger partial charge in [0, 0.05) is 25.7 Å². The fourth-order valence-corrected chi connectivity index (χ4v) is 4.75. The molecule has 1 N–H and O–H groups in total. The molecule has 1 fully saturated rings. The van der Waals surface area contributed by atoms with Gasteiger partial charge in [0.25, 0.3) is 5.91 Å². The van der Waals surface area contributed by atoms with E-state index < -0.39 is 5.60 Å². The highest BCUT2D eigenvalue weighted by molar-refractivity contribution is 7.11. The highest BCUT2D eigenvalue weighted by Gasteiger charge is 2.36. The lowest BCUT2D eigenvalue weighted by atomic mass is 9.96. The number of rotatable bonds is 5. The highest BCUT2D eigenvalue weighted by Crippen LogP contribution is 2.37. The third kappa shape index (κ3) is 4.91. The minimum absolute atomic E-state index is 0.149. The van der Waals surface area contributed by atoms with E-state index in [1.165, 1.54) is 17.5 Å². The summed E-state index contributed by atoms with van der Waals surface area (Å²) in [6, 6.07) is 9.65. The number of amides is 1. The van der Waals surface area contributed by atoms with E-state index in [0.717, 1.165) is 22.0 Å². The molecule has 162 valence electrons. The average molecular weight is 439 g/mol. The molecule has 31 heavy (non-hydrogen) atoms. The van der Waals surface area contributed by atoms with Crippen molar-refractivity contribution in [2.24, 2.45) is 0 Å². The van der Waals surface area contributed by atoms with Gasteiger partial charge in [-0.2, -0.15) is 0 Å². The number of thiazole rings is 1. The smallest absolute Gasteiger partial charge is 0.274 e. The second-order valence-electron chi connectivity index (χ2n) is 7.85. The molecule has 8 heteroatoms. The second-order valence-corrected chi connectivity index (χ2v) is 8.93. The quantitative estimate of drug-likeness (QED) is 0.654. The third-order valence-corrected chi connectivity index (χ3v) is 6.83. The number of hydrogen-bond acceptors (Lipinski definition) is 7. The first-order valence-corrected chi connectivity index (χ1v) is 11.2. The summed E-state index contributed by atoms with van der Waals surface area (Å²) in [5.74, 6) is 0.655. The molecule has 0 spiro atoms. The van der Waals surface area contributed by atoms with Crippen LogP contribution in [0.3, 0.4) is 0 Å². The fraction of sp³-hybridized carbons (Fsp3) is 0.391. The van der Waals surface area contributed by atoms with Gasteiger partial charge in [-0.1, -0.05) is 18.2 Å². The molecule has 1 saturated heterocycles. The van der Waals surface area contributed by atoms with E-state index in [1.54, 1.807) is 11.1 Å². The lowest BCUT2D eigenvalue weighted by Gasteiger charge is -2.24. The largest absolute Gasteiger partial charge is 0.488 e. The molecule has 1 unspecified atom stereocenters. The first kappa shape index (κ1) is 21.4. The zero-order chi connectivity index (χ0) is 21.8. The van der Waals surface area contributed by atoms with Gasteiger partial charge >= 0.3 is 0 Å². The van der Waals surface area contributed by atoms with E-state index in [0.29, 0.717) is 49.7 Å². The van der Waals surface area contributed by atoms with E-state index in [4.69, 9.17) is 4.74 Å². The Balaban J connectivity index is 1.43. The summed E-state index contributed by atoms with van der Waals surface area (Å²) in [6.07, 6.45) is 4.79. The maximum atomic E-state index is 12.8. The van der Waals surface area contributed by atoms with Crippen LogP contribution in [0.4, 0.5) is 0 Å². The van der Waals surface area contributed by atoms with E-state index in [-0.39, 0.29) is 5.91 Å². The molecule has 4 rings (SSSR count). The maximum Gasteiger partial charge on any atom is 0.274 e. The Hall–Kier alpha value is -2.84. The molecule has 1 amide bonds. The lowest BCUT2D eigenvalue weighted by Crippen LogP contribution is -2.34. The molecular formula is C23H26N4O3S. The van der Waals surface area contributed by atoms with E-state index in [9.17, 15) is 9.90 Å². The summed E-state index contributed by atoms with van der Waals surface area (Å²) in [5.41, 5.74) is 0.930. The SMILES string of the molecule is Cc1cnc(C(=O)N2CCCC(O)(c3nc(C)c(COc4ccccc4)s3)CC2)cn1. The van der Waals surface area contributed by atoms with Crippen molar-refractivity contribution in [2.45, 2.75) is 45.3 Å².